The standard InChI is InChI=1S/C24H27FN4O4S/c1-16-14-19(17(2)28(16)21-8-6-20(25)7-9-21)15-26-27-24(30)18(3)29(34(5,31)32)22-10-12-23(33-4)13-11-22/h6-15,18H,1-5H3,(H,27,30)/b26-15-/t18-/m1/s1. The van der Waals surface area contributed by atoms with E-state index in [1.807, 2.05) is 24.5 Å². The van der Waals surface area contributed by atoms with Crippen molar-refractivity contribution >= 4 is 27.8 Å². The van der Waals surface area contributed by atoms with Crippen molar-refractivity contribution in [3.05, 3.63) is 77.4 Å². The summed E-state index contributed by atoms with van der Waals surface area (Å²) in [6, 6.07) is 13.3. The van der Waals surface area contributed by atoms with Crippen LogP contribution in [-0.4, -0.2) is 44.5 Å². The Labute approximate surface area is 198 Å². The van der Waals surface area contributed by atoms with Gasteiger partial charge < -0.3 is 9.30 Å². The van der Waals surface area contributed by atoms with Gasteiger partial charge in [0.25, 0.3) is 5.91 Å². The molecule has 0 radical (unpaired) electrons. The number of hydrogen-bond donors (Lipinski definition) is 1. The van der Waals surface area contributed by atoms with Gasteiger partial charge in [0, 0.05) is 22.6 Å². The molecule has 10 heteroatoms. The predicted octanol–water partition coefficient (Wildman–Crippen LogP) is 3.55. The number of benzene rings is 2. The van der Waals surface area contributed by atoms with Gasteiger partial charge in [-0.15, -0.1) is 0 Å². The molecular formula is C24H27FN4O4S. The lowest BCUT2D eigenvalue weighted by Crippen LogP contribution is -2.46. The molecule has 1 N–H and O–H groups in total. The molecule has 0 saturated heterocycles. The molecule has 0 aliphatic rings. The molecule has 0 saturated carbocycles. The first-order chi connectivity index (χ1) is 16.0. The van der Waals surface area contributed by atoms with E-state index in [0.29, 0.717) is 11.4 Å². The van der Waals surface area contributed by atoms with Gasteiger partial charge in [-0.25, -0.2) is 18.2 Å². The number of carbonyl (C=O) groups is 1. The summed E-state index contributed by atoms with van der Waals surface area (Å²) in [4.78, 5) is 12.7. The van der Waals surface area contributed by atoms with Crippen LogP contribution in [0.3, 0.4) is 0 Å². The molecule has 1 amide bonds. The Morgan fingerprint density at radius 1 is 1.15 bits per heavy atom. The largest absolute Gasteiger partial charge is 0.497 e. The van der Waals surface area contributed by atoms with Crippen LogP contribution in [0.1, 0.15) is 23.9 Å². The molecule has 2 aromatic carbocycles. The molecule has 1 heterocycles. The second kappa shape index (κ2) is 10.1. The van der Waals surface area contributed by atoms with Crippen LogP contribution >= 0.6 is 0 Å². The van der Waals surface area contributed by atoms with Crippen LogP contribution in [0, 0.1) is 19.7 Å². The first-order valence-corrected chi connectivity index (χ1v) is 12.3. The summed E-state index contributed by atoms with van der Waals surface area (Å²) in [5.74, 6) is -0.343. The maximum Gasteiger partial charge on any atom is 0.263 e. The average Bonchev–Trinajstić information content (AvgIpc) is 3.07. The third kappa shape index (κ3) is 5.45. The Morgan fingerprint density at radius 2 is 1.76 bits per heavy atom. The molecule has 1 atom stereocenters. The number of nitrogens with one attached hydrogen (secondary N) is 1. The van der Waals surface area contributed by atoms with Crippen LogP contribution in [0.15, 0.2) is 59.7 Å². The number of nitrogens with zero attached hydrogens (tertiary/aromatic N) is 3. The highest BCUT2D eigenvalue weighted by Gasteiger charge is 2.29. The Bertz CT molecular complexity index is 1300. The number of methoxy groups -OCH3 is 1. The Kier molecular flexibility index (Phi) is 7.41. The van der Waals surface area contributed by atoms with Gasteiger partial charge in [-0.05, 0) is 75.4 Å². The summed E-state index contributed by atoms with van der Waals surface area (Å²) < 4.78 is 46.2. The third-order valence-electron chi connectivity index (χ3n) is 5.35. The number of aryl methyl sites for hydroxylation is 1. The molecule has 8 nitrogen and oxygen atoms in total. The van der Waals surface area contributed by atoms with Crippen LogP contribution in [-0.2, 0) is 14.8 Å². The molecule has 0 unspecified atom stereocenters. The number of halogens is 1. The van der Waals surface area contributed by atoms with Crippen LogP contribution in [0.4, 0.5) is 10.1 Å². The third-order valence-corrected chi connectivity index (χ3v) is 6.59. The highest BCUT2D eigenvalue weighted by atomic mass is 32.2. The van der Waals surface area contributed by atoms with Gasteiger partial charge in [0.15, 0.2) is 0 Å². The zero-order valence-corrected chi connectivity index (χ0v) is 20.4. The fraction of sp³-hybridized carbons (Fsp3) is 0.250. The van der Waals surface area contributed by atoms with E-state index in [9.17, 15) is 17.6 Å². The zero-order chi connectivity index (χ0) is 25.0. The number of anilines is 1. The van der Waals surface area contributed by atoms with Gasteiger partial charge in [0.05, 0.1) is 25.3 Å². The summed E-state index contributed by atoms with van der Waals surface area (Å²) in [7, 11) is -2.24. The summed E-state index contributed by atoms with van der Waals surface area (Å²) >= 11 is 0. The molecule has 0 spiro atoms. The number of hydrazone groups is 1. The van der Waals surface area contributed by atoms with Crippen molar-refractivity contribution in [1.82, 2.24) is 9.99 Å². The second-order valence-electron chi connectivity index (χ2n) is 7.81. The van der Waals surface area contributed by atoms with Gasteiger partial charge in [-0.1, -0.05) is 0 Å². The number of sulfonamides is 1. The fourth-order valence-corrected chi connectivity index (χ4v) is 4.88. The number of rotatable bonds is 8. The lowest BCUT2D eigenvalue weighted by molar-refractivity contribution is -0.121. The maximum absolute atomic E-state index is 13.3. The molecule has 3 rings (SSSR count). The second-order valence-corrected chi connectivity index (χ2v) is 9.66. The first-order valence-electron chi connectivity index (χ1n) is 10.4. The Morgan fingerprint density at radius 3 is 2.32 bits per heavy atom. The Balaban J connectivity index is 1.78. The topological polar surface area (TPSA) is 93.0 Å². The van der Waals surface area contributed by atoms with Gasteiger partial charge in [-0.3, -0.25) is 9.10 Å². The zero-order valence-electron chi connectivity index (χ0n) is 19.6. The summed E-state index contributed by atoms with van der Waals surface area (Å²) in [5, 5.41) is 4.03. The normalized spacial score (nSPS) is 12.5. The van der Waals surface area contributed by atoms with Gasteiger partial charge >= 0.3 is 0 Å². The van der Waals surface area contributed by atoms with E-state index in [1.54, 1.807) is 36.4 Å². The average molecular weight is 487 g/mol. The maximum atomic E-state index is 13.3. The molecule has 0 bridgehead atoms. The van der Waals surface area contributed by atoms with Crippen LogP contribution in [0.5, 0.6) is 5.75 Å². The minimum atomic E-state index is -3.75. The number of carbonyl (C=O) groups excluding carboxylic acids is 1. The Hall–Kier alpha value is -3.66. The summed E-state index contributed by atoms with van der Waals surface area (Å²) in [6.45, 7) is 5.28. The van der Waals surface area contributed by atoms with Crippen molar-refractivity contribution in [1.29, 1.82) is 0 Å². The van der Waals surface area contributed by atoms with E-state index in [4.69, 9.17) is 4.74 Å². The summed E-state index contributed by atoms with van der Waals surface area (Å²) in [5.41, 5.74) is 6.07. The molecule has 34 heavy (non-hydrogen) atoms. The minimum absolute atomic E-state index is 0.317. The van der Waals surface area contributed by atoms with E-state index in [0.717, 1.165) is 33.2 Å². The van der Waals surface area contributed by atoms with E-state index >= 15 is 0 Å². The summed E-state index contributed by atoms with van der Waals surface area (Å²) in [6.07, 6.45) is 2.53. The van der Waals surface area contributed by atoms with Gasteiger partial charge in [0.1, 0.15) is 17.6 Å². The molecular weight excluding hydrogens is 459 g/mol. The monoisotopic (exact) mass is 486 g/mol. The molecule has 0 fully saturated rings. The molecule has 180 valence electrons. The highest BCUT2D eigenvalue weighted by Crippen LogP contribution is 2.24. The number of aromatic nitrogens is 1. The predicted molar refractivity (Wildman–Crippen MR) is 131 cm³/mol. The van der Waals surface area contributed by atoms with E-state index < -0.39 is 22.0 Å². The minimum Gasteiger partial charge on any atom is -0.497 e. The van der Waals surface area contributed by atoms with E-state index in [2.05, 4.69) is 10.5 Å². The van der Waals surface area contributed by atoms with Crippen LogP contribution in [0.2, 0.25) is 0 Å². The van der Waals surface area contributed by atoms with Gasteiger partial charge in [0.2, 0.25) is 10.0 Å². The molecule has 3 aromatic rings. The quantitative estimate of drug-likeness (QED) is 0.389. The van der Waals surface area contributed by atoms with Crippen molar-refractivity contribution in [3.8, 4) is 11.4 Å². The SMILES string of the molecule is COc1ccc(N([C@H](C)C(=O)N/N=C\c2cc(C)n(-c3ccc(F)cc3)c2C)S(C)(=O)=O)cc1. The molecule has 0 aliphatic carbocycles. The number of hydrogen-bond acceptors (Lipinski definition) is 5. The molecule has 1 aromatic heterocycles. The fourth-order valence-electron chi connectivity index (χ4n) is 3.70. The highest BCUT2D eigenvalue weighted by molar-refractivity contribution is 7.92. The van der Waals surface area contributed by atoms with Crippen molar-refractivity contribution in [2.75, 3.05) is 17.7 Å². The number of ether oxygens (including phenoxy) is 1. The molecule has 0 aliphatic heterocycles. The van der Waals surface area contributed by atoms with E-state index in [1.165, 1.54) is 32.4 Å². The van der Waals surface area contributed by atoms with Crippen molar-refractivity contribution in [2.24, 2.45) is 5.10 Å². The van der Waals surface area contributed by atoms with Crippen molar-refractivity contribution in [3.63, 3.8) is 0 Å². The first kappa shape index (κ1) is 25.0. The lowest BCUT2D eigenvalue weighted by Gasteiger charge is -2.27. The van der Waals surface area contributed by atoms with E-state index in [-0.39, 0.29) is 5.82 Å². The van der Waals surface area contributed by atoms with Crippen molar-refractivity contribution in [2.45, 2.75) is 26.8 Å². The smallest absolute Gasteiger partial charge is 0.263 e. The van der Waals surface area contributed by atoms with Crippen LogP contribution in [0.25, 0.3) is 5.69 Å². The lowest BCUT2D eigenvalue weighted by atomic mass is 10.2. The number of amides is 1. The van der Waals surface area contributed by atoms with Crippen LogP contribution < -0.4 is 14.5 Å². The van der Waals surface area contributed by atoms with Crippen molar-refractivity contribution < 1.29 is 22.3 Å². The van der Waals surface area contributed by atoms with Gasteiger partial charge in [-0.2, -0.15) is 5.10 Å².